The van der Waals surface area contributed by atoms with E-state index in [4.69, 9.17) is 10.3 Å². The molecule has 2 aromatic carbocycles. The summed E-state index contributed by atoms with van der Waals surface area (Å²) in [6.45, 7) is 0. The molecule has 106 valence electrons. The van der Waals surface area contributed by atoms with E-state index in [9.17, 15) is 0 Å². The molecule has 0 fully saturated rings. The fraction of sp³-hybridized carbons (Fsp3) is 0.176. The SMILES string of the molecule is NC(Cc1ccccc1)(Cc1ccccc1)c1ncon1. The van der Waals surface area contributed by atoms with Gasteiger partial charge in [-0.3, -0.25) is 0 Å². The summed E-state index contributed by atoms with van der Waals surface area (Å²) in [5.41, 5.74) is 8.26. The lowest BCUT2D eigenvalue weighted by Crippen LogP contribution is -2.42. The minimum Gasteiger partial charge on any atom is -0.343 e. The minimum atomic E-state index is -0.685. The lowest BCUT2D eigenvalue weighted by molar-refractivity contribution is 0.358. The van der Waals surface area contributed by atoms with E-state index in [-0.39, 0.29) is 0 Å². The van der Waals surface area contributed by atoms with Crippen LogP contribution in [0.5, 0.6) is 0 Å². The van der Waals surface area contributed by atoms with E-state index in [2.05, 4.69) is 34.4 Å². The second-order valence-electron chi connectivity index (χ2n) is 5.24. The van der Waals surface area contributed by atoms with Gasteiger partial charge in [0, 0.05) is 0 Å². The molecule has 0 aliphatic carbocycles. The summed E-state index contributed by atoms with van der Waals surface area (Å²) in [5.74, 6) is 0.537. The summed E-state index contributed by atoms with van der Waals surface area (Å²) in [5, 5.41) is 3.97. The first kappa shape index (κ1) is 13.5. The molecular weight excluding hydrogens is 262 g/mol. The van der Waals surface area contributed by atoms with E-state index in [1.54, 1.807) is 0 Å². The average Bonchev–Trinajstić information content (AvgIpc) is 3.04. The quantitative estimate of drug-likeness (QED) is 0.780. The molecule has 4 heteroatoms. The van der Waals surface area contributed by atoms with Crippen LogP contribution in [-0.2, 0) is 18.4 Å². The molecular formula is C17H17N3O. The lowest BCUT2D eigenvalue weighted by atomic mass is 9.85. The monoisotopic (exact) mass is 279 g/mol. The Bertz CT molecular complexity index is 624. The molecule has 0 atom stereocenters. The first-order valence-electron chi connectivity index (χ1n) is 6.90. The van der Waals surface area contributed by atoms with Crippen LogP contribution in [-0.4, -0.2) is 10.1 Å². The van der Waals surface area contributed by atoms with Crippen molar-refractivity contribution in [2.75, 3.05) is 0 Å². The highest BCUT2D eigenvalue weighted by atomic mass is 16.5. The number of rotatable bonds is 5. The summed E-state index contributed by atoms with van der Waals surface area (Å²) in [6, 6.07) is 20.3. The van der Waals surface area contributed by atoms with Crippen molar-refractivity contribution in [1.82, 2.24) is 10.1 Å². The van der Waals surface area contributed by atoms with Gasteiger partial charge in [-0.05, 0) is 24.0 Å². The summed E-state index contributed by atoms with van der Waals surface area (Å²) >= 11 is 0. The zero-order valence-electron chi connectivity index (χ0n) is 11.6. The van der Waals surface area contributed by atoms with E-state index in [0.29, 0.717) is 18.7 Å². The van der Waals surface area contributed by atoms with Crippen LogP contribution in [0, 0.1) is 0 Å². The summed E-state index contributed by atoms with van der Waals surface area (Å²) in [7, 11) is 0. The summed E-state index contributed by atoms with van der Waals surface area (Å²) in [6.07, 6.45) is 2.64. The number of aromatic nitrogens is 2. The van der Waals surface area contributed by atoms with Gasteiger partial charge < -0.3 is 10.3 Å². The number of nitrogens with zero attached hydrogens (tertiary/aromatic N) is 2. The molecule has 0 bridgehead atoms. The van der Waals surface area contributed by atoms with Crippen molar-refractivity contribution in [3.63, 3.8) is 0 Å². The van der Waals surface area contributed by atoms with E-state index < -0.39 is 5.54 Å². The third-order valence-corrected chi connectivity index (χ3v) is 3.53. The Labute approximate surface area is 123 Å². The molecule has 21 heavy (non-hydrogen) atoms. The molecule has 0 unspecified atom stereocenters. The molecule has 3 aromatic rings. The van der Waals surface area contributed by atoms with Crippen LogP contribution in [0.25, 0.3) is 0 Å². The van der Waals surface area contributed by atoms with Gasteiger partial charge in [-0.1, -0.05) is 65.8 Å². The predicted octanol–water partition coefficient (Wildman–Crippen LogP) is 2.71. The van der Waals surface area contributed by atoms with Gasteiger partial charge in [-0.25, -0.2) is 0 Å². The molecule has 0 aliphatic rings. The van der Waals surface area contributed by atoms with Crippen molar-refractivity contribution in [3.8, 4) is 0 Å². The molecule has 2 N–H and O–H groups in total. The average molecular weight is 279 g/mol. The van der Waals surface area contributed by atoms with E-state index >= 15 is 0 Å². The predicted molar refractivity (Wildman–Crippen MR) is 80.5 cm³/mol. The Morgan fingerprint density at radius 1 is 0.857 bits per heavy atom. The smallest absolute Gasteiger partial charge is 0.213 e. The Morgan fingerprint density at radius 3 is 1.81 bits per heavy atom. The molecule has 0 amide bonds. The highest BCUT2D eigenvalue weighted by Crippen LogP contribution is 2.25. The van der Waals surface area contributed by atoms with Gasteiger partial charge in [-0.15, -0.1) is 0 Å². The topological polar surface area (TPSA) is 64.9 Å². The highest BCUT2D eigenvalue weighted by Gasteiger charge is 2.32. The summed E-state index contributed by atoms with van der Waals surface area (Å²) in [4.78, 5) is 4.18. The molecule has 0 aliphatic heterocycles. The van der Waals surface area contributed by atoms with Crippen LogP contribution in [0.4, 0.5) is 0 Å². The molecule has 0 saturated carbocycles. The van der Waals surface area contributed by atoms with Crippen molar-refractivity contribution < 1.29 is 4.52 Å². The second kappa shape index (κ2) is 5.89. The molecule has 0 spiro atoms. The van der Waals surface area contributed by atoms with Crippen molar-refractivity contribution >= 4 is 0 Å². The van der Waals surface area contributed by atoms with E-state index in [0.717, 1.165) is 11.1 Å². The minimum absolute atomic E-state index is 0.537. The second-order valence-corrected chi connectivity index (χ2v) is 5.24. The van der Waals surface area contributed by atoms with Crippen LogP contribution < -0.4 is 5.73 Å². The lowest BCUT2D eigenvalue weighted by Gasteiger charge is -2.26. The third kappa shape index (κ3) is 3.17. The van der Waals surface area contributed by atoms with Crippen molar-refractivity contribution in [2.45, 2.75) is 18.4 Å². The molecule has 0 saturated heterocycles. The Morgan fingerprint density at radius 2 is 1.38 bits per heavy atom. The maximum atomic E-state index is 6.64. The van der Waals surface area contributed by atoms with Gasteiger partial charge in [0.15, 0.2) is 5.82 Å². The highest BCUT2D eigenvalue weighted by molar-refractivity contribution is 5.25. The number of hydrogen-bond acceptors (Lipinski definition) is 4. The zero-order chi connectivity index (χ0) is 14.5. The normalized spacial score (nSPS) is 11.5. The van der Waals surface area contributed by atoms with Gasteiger partial charge in [0.05, 0.1) is 5.54 Å². The molecule has 1 heterocycles. The maximum absolute atomic E-state index is 6.64. The fourth-order valence-electron chi connectivity index (χ4n) is 2.53. The van der Waals surface area contributed by atoms with Gasteiger partial charge in [0.2, 0.25) is 6.39 Å². The molecule has 4 nitrogen and oxygen atoms in total. The van der Waals surface area contributed by atoms with Crippen LogP contribution in [0.2, 0.25) is 0 Å². The largest absolute Gasteiger partial charge is 0.343 e. The van der Waals surface area contributed by atoms with Gasteiger partial charge in [0.25, 0.3) is 0 Å². The van der Waals surface area contributed by atoms with Crippen LogP contribution in [0.1, 0.15) is 17.0 Å². The van der Waals surface area contributed by atoms with Crippen LogP contribution >= 0.6 is 0 Å². The Balaban J connectivity index is 1.92. The van der Waals surface area contributed by atoms with Crippen LogP contribution in [0.3, 0.4) is 0 Å². The maximum Gasteiger partial charge on any atom is 0.213 e. The third-order valence-electron chi connectivity index (χ3n) is 3.53. The van der Waals surface area contributed by atoms with Gasteiger partial charge in [0.1, 0.15) is 0 Å². The van der Waals surface area contributed by atoms with E-state index in [1.165, 1.54) is 6.39 Å². The van der Waals surface area contributed by atoms with Crippen molar-refractivity contribution in [3.05, 3.63) is 84.0 Å². The standard InChI is InChI=1S/C17H17N3O/c18-17(16-19-13-21-20-16,11-14-7-3-1-4-8-14)12-15-9-5-2-6-10-15/h1-10,13H,11-12,18H2. The Hall–Kier alpha value is -2.46. The van der Waals surface area contributed by atoms with Gasteiger partial charge in [-0.2, -0.15) is 4.98 Å². The number of benzene rings is 2. The fourth-order valence-corrected chi connectivity index (χ4v) is 2.53. The van der Waals surface area contributed by atoms with Gasteiger partial charge >= 0.3 is 0 Å². The van der Waals surface area contributed by atoms with E-state index in [1.807, 2.05) is 36.4 Å². The molecule has 3 rings (SSSR count). The molecule has 0 radical (unpaired) electrons. The van der Waals surface area contributed by atoms with Crippen molar-refractivity contribution in [2.24, 2.45) is 5.73 Å². The Kier molecular flexibility index (Phi) is 3.79. The number of nitrogens with two attached hydrogens (primary N) is 1. The first-order chi connectivity index (χ1) is 10.3. The summed E-state index contributed by atoms with van der Waals surface area (Å²) < 4.78 is 4.89. The number of hydrogen-bond donors (Lipinski definition) is 1. The van der Waals surface area contributed by atoms with Crippen LogP contribution in [0.15, 0.2) is 71.6 Å². The molecule has 1 aromatic heterocycles. The van der Waals surface area contributed by atoms with Crippen molar-refractivity contribution in [1.29, 1.82) is 0 Å². The zero-order valence-corrected chi connectivity index (χ0v) is 11.6. The first-order valence-corrected chi connectivity index (χ1v) is 6.90.